The van der Waals surface area contributed by atoms with Gasteiger partial charge in [0.25, 0.3) is 0 Å². The van der Waals surface area contributed by atoms with Crippen LogP contribution in [0.3, 0.4) is 0 Å². The van der Waals surface area contributed by atoms with Gasteiger partial charge in [-0.1, -0.05) is 30.3 Å². The summed E-state index contributed by atoms with van der Waals surface area (Å²) >= 11 is 3.58. The molecule has 2 saturated carbocycles. The fourth-order valence-corrected chi connectivity index (χ4v) is 6.88. The molecule has 3 aromatic heterocycles. The Balaban J connectivity index is 1.39. The van der Waals surface area contributed by atoms with E-state index in [0.29, 0.717) is 6.04 Å². The van der Waals surface area contributed by atoms with Crippen LogP contribution >= 0.6 is 23.1 Å². The second-order valence-electron chi connectivity index (χ2n) is 8.15. The van der Waals surface area contributed by atoms with E-state index in [-0.39, 0.29) is 0 Å². The minimum Gasteiger partial charge on any atom is -0.298 e. The summed E-state index contributed by atoms with van der Waals surface area (Å²) in [7, 11) is 0. The van der Waals surface area contributed by atoms with Crippen molar-refractivity contribution < 1.29 is 0 Å². The summed E-state index contributed by atoms with van der Waals surface area (Å²) in [4.78, 5) is 5.67. The number of rotatable bonds is 7. The Morgan fingerprint density at radius 3 is 2.86 bits per heavy atom. The van der Waals surface area contributed by atoms with Gasteiger partial charge in [0, 0.05) is 23.7 Å². The Morgan fingerprint density at radius 1 is 1.18 bits per heavy atom. The van der Waals surface area contributed by atoms with Crippen molar-refractivity contribution >= 4 is 23.1 Å². The molecule has 2 aliphatic rings. The molecule has 4 unspecified atom stereocenters. The zero-order chi connectivity index (χ0) is 18.9. The molecule has 146 valence electrons. The SMILES string of the molecule is CC(C1CC2CCC1C2)n1c(SCCc2ccccn2)nnc1-c1cccs1. The van der Waals surface area contributed by atoms with Crippen LogP contribution in [-0.4, -0.2) is 25.5 Å². The maximum atomic E-state index is 4.63. The number of aryl methyl sites for hydroxylation is 1. The summed E-state index contributed by atoms with van der Waals surface area (Å²) in [5, 5.41) is 12.4. The van der Waals surface area contributed by atoms with E-state index in [4.69, 9.17) is 0 Å². The molecule has 0 aromatic carbocycles. The molecular formula is C22H26N4S2. The number of fused-ring (bicyclic) bond motifs is 2. The molecule has 3 aromatic rings. The van der Waals surface area contributed by atoms with E-state index >= 15 is 0 Å². The Kier molecular flexibility index (Phi) is 5.24. The minimum atomic E-state index is 0.458. The molecule has 28 heavy (non-hydrogen) atoms. The van der Waals surface area contributed by atoms with Crippen LogP contribution in [0.25, 0.3) is 10.7 Å². The third-order valence-electron chi connectivity index (χ3n) is 6.54. The molecule has 0 spiro atoms. The second-order valence-corrected chi connectivity index (χ2v) is 10.2. The lowest BCUT2D eigenvalue weighted by Crippen LogP contribution is -2.23. The molecule has 0 saturated heterocycles. The van der Waals surface area contributed by atoms with E-state index < -0.39 is 0 Å². The molecule has 2 bridgehead atoms. The number of aromatic nitrogens is 4. The van der Waals surface area contributed by atoms with Crippen LogP contribution in [0.4, 0.5) is 0 Å². The highest BCUT2D eigenvalue weighted by atomic mass is 32.2. The van der Waals surface area contributed by atoms with Gasteiger partial charge in [-0.3, -0.25) is 9.55 Å². The van der Waals surface area contributed by atoms with Gasteiger partial charge in [-0.15, -0.1) is 21.5 Å². The summed E-state index contributed by atoms with van der Waals surface area (Å²) in [6, 6.07) is 10.9. The van der Waals surface area contributed by atoms with Gasteiger partial charge in [-0.25, -0.2) is 0 Å². The minimum absolute atomic E-state index is 0.458. The third-order valence-corrected chi connectivity index (χ3v) is 8.35. The van der Waals surface area contributed by atoms with Crippen LogP contribution in [-0.2, 0) is 6.42 Å². The highest BCUT2D eigenvalue weighted by molar-refractivity contribution is 7.99. The van der Waals surface area contributed by atoms with E-state index in [1.165, 1.54) is 30.6 Å². The monoisotopic (exact) mass is 410 g/mol. The van der Waals surface area contributed by atoms with Crippen molar-refractivity contribution in [2.45, 2.75) is 50.2 Å². The fourth-order valence-electron chi connectivity index (χ4n) is 5.19. The molecule has 4 atom stereocenters. The van der Waals surface area contributed by atoms with Crippen LogP contribution in [0.2, 0.25) is 0 Å². The highest BCUT2D eigenvalue weighted by Gasteiger charge is 2.43. The Labute approximate surface area is 174 Å². The Morgan fingerprint density at radius 2 is 2.14 bits per heavy atom. The first kappa shape index (κ1) is 18.4. The summed E-state index contributed by atoms with van der Waals surface area (Å²) in [5.41, 5.74) is 1.14. The maximum absolute atomic E-state index is 4.63. The van der Waals surface area contributed by atoms with Gasteiger partial charge >= 0.3 is 0 Å². The lowest BCUT2D eigenvalue weighted by molar-refractivity contribution is 0.235. The zero-order valence-electron chi connectivity index (χ0n) is 16.2. The molecule has 4 nitrogen and oxygen atoms in total. The summed E-state index contributed by atoms with van der Waals surface area (Å²) in [6.07, 6.45) is 8.50. The number of hydrogen-bond donors (Lipinski definition) is 0. The summed E-state index contributed by atoms with van der Waals surface area (Å²) < 4.78 is 2.44. The van der Waals surface area contributed by atoms with E-state index in [0.717, 1.165) is 46.6 Å². The van der Waals surface area contributed by atoms with Gasteiger partial charge in [0.2, 0.25) is 0 Å². The van der Waals surface area contributed by atoms with Crippen LogP contribution < -0.4 is 0 Å². The average Bonchev–Trinajstić information content (AvgIpc) is 3.52. The van der Waals surface area contributed by atoms with Crippen LogP contribution in [0, 0.1) is 17.8 Å². The zero-order valence-corrected chi connectivity index (χ0v) is 17.8. The predicted molar refractivity (Wildman–Crippen MR) is 116 cm³/mol. The first-order valence-electron chi connectivity index (χ1n) is 10.3. The number of nitrogens with zero attached hydrogens (tertiary/aromatic N) is 4. The molecule has 2 aliphatic carbocycles. The largest absolute Gasteiger partial charge is 0.298 e. The summed E-state index contributed by atoms with van der Waals surface area (Å²) in [6.45, 7) is 2.40. The first-order chi connectivity index (χ1) is 13.8. The molecule has 2 fully saturated rings. The van der Waals surface area contributed by atoms with Crippen molar-refractivity contribution in [1.82, 2.24) is 19.7 Å². The average molecular weight is 411 g/mol. The molecule has 0 N–H and O–H groups in total. The fraction of sp³-hybridized carbons (Fsp3) is 0.500. The van der Waals surface area contributed by atoms with E-state index in [1.54, 1.807) is 11.3 Å². The van der Waals surface area contributed by atoms with Gasteiger partial charge in [0.05, 0.1) is 4.88 Å². The van der Waals surface area contributed by atoms with Crippen molar-refractivity contribution in [2.24, 2.45) is 17.8 Å². The molecular weight excluding hydrogens is 384 g/mol. The third kappa shape index (κ3) is 3.52. The van der Waals surface area contributed by atoms with Gasteiger partial charge in [0.1, 0.15) is 0 Å². The lowest BCUT2D eigenvalue weighted by atomic mass is 9.84. The van der Waals surface area contributed by atoms with Crippen LogP contribution in [0.1, 0.15) is 44.3 Å². The summed E-state index contributed by atoms with van der Waals surface area (Å²) in [5.74, 6) is 4.64. The Bertz CT molecular complexity index is 906. The van der Waals surface area contributed by atoms with Crippen molar-refractivity contribution in [3.63, 3.8) is 0 Å². The second kappa shape index (κ2) is 7.99. The van der Waals surface area contributed by atoms with Gasteiger partial charge < -0.3 is 0 Å². The first-order valence-corrected chi connectivity index (χ1v) is 12.2. The number of hydrogen-bond acceptors (Lipinski definition) is 5. The quantitative estimate of drug-likeness (QED) is 0.466. The van der Waals surface area contributed by atoms with E-state index in [2.05, 4.69) is 56.3 Å². The number of thioether (sulfide) groups is 1. The van der Waals surface area contributed by atoms with Crippen LogP contribution in [0.5, 0.6) is 0 Å². The molecule has 0 aliphatic heterocycles. The standard InChI is InChI=1S/C22H26N4S2/c1-15(19-14-16-7-8-17(19)13-16)26-21(20-6-4-11-27-20)24-25-22(26)28-12-9-18-5-2-3-10-23-18/h2-6,10-11,15-17,19H,7-9,12-14H2,1H3. The van der Waals surface area contributed by atoms with E-state index in [1.807, 2.05) is 24.0 Å². The molecule has 0 radical (unpaired) electrons. The van der Waals surface area contributed by atoms with Crippen molar-refractivity contribution in [3.8, 4) is 10.7 Å². The van der Waals surface area contributed by atoms with Crippen molar-refractivity contribution in [1.29, 1.82) is 0 Å². The Hall–Kier alpha value is -1.66. The van der Waals surface area contributed by atoms with Gasteiger partial charge in [-0.2, -0.15) is 0 Å². The number of thiophene rings is 1. The van der Waals surface area contributed by atoms with Crippen molar-refractivity contribution in [2.75, 3.05) is 5.75 Å². The van der Waals surface area contributed by atoms with E-state index in [9.17, 15) is 0 Å². The predicted octanol–water partition coefficient (Wildman–Crippen LogP) is 5.73. The molecule has 3 heterocycles. The molecule has 6 heteroatoms. The molecule has 5 rings (SSSR count). The van der Waals surface area contributed by atoms with Gasteiger partial charge in [0.15, 0.2) is 11.0 Å². The normalized spacial score (nSPS) is 24.7. The number of pyridine rings is 1. The van der Waals surface area contributed by atoms with Crippen LogP contribution in [0.15, 0.2) is 47.1 Å². The lowest BCUT2D eigenvalue weighted by Gasteiger charge is -2.30. The van der Waals surface area contributed by atoms with Gasteiger partial charge in [-0.05, 0) is 73.9 Å². The van der Waals surface area contributed by atoms with Crippen molar-refractivity contribution in [3.05, 3.63) is 47.6 Å². The maximum Gasteiger partial charge on any atom is 0.191 e. The smallest absolute Gasteiger partial charge is 0.191 e. The topological polar surface area (TPSA) is 43.6 Å². The molecule has 0 amide bonds. The highest BCUT2D eigenvalue weighted by Crippen LogP contribution is 2.53.